The normalized spacial score (nSPS) is 23.7. The molecule has 0 bridgehead atoms. The Hall–Kier alpha value is -1.08. The average Bonchev–Trinajstić information content (AvgIpc) is 2.70. The van der Waals surface area contributed by atoms with E-state index in [1.165, 1.54) is 6.20 Å². The molecule has 0 spiro atoms. The van der Waals surface area contributed by atoms with Crippen molar-refractivity contribution in [3.8, 4) is 0 Å². The minimum atomic E-state index is -0.957. The van der Waals surface area contributed by atoms with Gasteiger partial charge in [0.2, 0.25) is 5.91 Å². The number of alkyl halides is 1. The van der Waals surface area contributed by atoms with E-state index in [2.05, 4.69) is 36.5 Å². The molecule has 2 atom stereocenters. The maximum absolute atomic E-state index is 12.9. The number of hydrogen-bond donors (Lipinski definition) is 2. The molecule has 0 aliphatic carbocycles. The lowest BCUT2D eigenvalue weighted by Gasteiger charge is -2.10. The van der Waals surface area contributed by atoms with Gasteiger partial charge in [0, 0.05) is 13.0 Å². The van der Waals surface area contributed by atoms with Crippen molar-refractivity contribution in [1.29, 1.82) is 0 Å². The Kier molecular flexibility index (Phi) is 3.68. The van der Waals surface area contributed by atoms with Crippen molar-refractivity contribution in [1.82, 2.24) is 15.3 Å². The minimum absolute atomic E-state index is 0.201. The number of carbonyl (C=O) groups is 1. The highest BCUT2D eigenvalue weighted by atomic mass is 79.9. The highest BCUT2D eigenvalue weighted by molar-refractivity contribution is 9.10. The first kappa shape index (κ1) is 12.4. The Morgan fingerprint density at radius 1 is 1.71 bits per heavy atom. The Balaban J connectivity index is 2.00. The van der Waals surface area contributed by atoms with Crippen molar-refractivity contribution in [2.45, 2.75) is 25.6 Å². The first-order valence-corrected chi connectivity index (χ1v) is 6.03. The SMILES string of the molecule is Cc1ncc(NC(=O)[C@@H]2C[C@@H](F)CN2)nc1Br. The van der Waals surface area contributed by atoms with Crippen LogP contribution in [-0.4, -0.2) is 34.6 Å². The fourth-order valence-electron chi connectivity index (χ4n) is 1.59. The monoisotopic (exact) mass is 302 g/mol. The highest BCUT2D eigenvalue weighted by Crippen LogP contribution is 2.15. The maximum Gasteiger partial charge on any atom is 0.242 e. The first-order chi connectivity index (χ1) is 8.06. The van der Waals surface area contributed by atoms with E-state index in [1.54, 1.807) is 6.92 Å². The summed E-state index contributed by atoms with van der Waals surface area (Å²) in [5.41, 5.74) is 0.741. The number of carbonyl (C=O) groups excluding carboxylic acids is 1. The fourth-order valence-corrected chi connectivity index (χ4v) is 1.89. The molecule has 1 fully saturated rings. The van der Waals surface area contributed by atoms with Crippen LogP contribution in [-0.2, 0) is 4.79 Å². The molecule has 1 aromatic rings. The summed E-state index contributed by atoms with van der Waals surface area (Å²) >= 11 is 3.23. The quantitative estimate of drug-likeness (QED) is 0.861. The van der Waals surface area contributed by atoms with E-state index in [4.69, 9.17) is 0 Å². The van der Waals surface area contributed by atoms with Crippen LogP contribution in [0.1, 0.15) is 12.1 Å². The molecule has 1 amide bonds. The molecule has 5 nitrogen and oxygen atoms in total. The van der Waals surface area contributed by atoms with Gasteiger partial charge in [0.1, 0.15) is 10.8 Å². The van der Waals surface area contributed by atoms with Crippen LogP contribution in [0, 0.1) is 6.92 Å². The van der Waals surface area contributed by atoms with Gasteiger partial charge in [-0.2, -0.15) is 0 Å². The third-order valence-corrected chi connectivity index (χ3v) is 3.29. The highest BCUT2D eigenvalue weighted by Gasteiger charge is 2.29. The molecule has 1 saturated heterocycles. The molecule has 92 valence electrons. The predicted molar refractivity (Wildman–Crippen MR) is 64.4 cm³/mol. The van der Waals surface area contributed by atoms with Gasteiger partial charge in [0.25, 0.3) is 0 Å². The Bertz CT molecular complexity index is 442. The van der Waals surface area contributed by atoms with Gasteiger partial charge in [-0.05, 0) is 22.9 Å². The number of nitrogens with zero attached hydrogens (tertiary/aromatic N) is 2. The van der Waals surface area contributed by atoms with Crippen LogP contribution < -0.4 is 10.6 Å². The van der Waals surface area contributed by atoms with E-state index in [0.29, 0.717) is 10.4 Å². The first-order valence-electron chi connectivity index (χ1n) is 5.23. The summed E-state index contributed by atoms with van der Waals surface area (Å²) in [4.78, 5) is 19.9. The number of aryl methyl sites for hydroxylation is 1. The molecule has 7 heteroatoms. The van der Waals surface area contributed by atoms with Crippen LogP contribution in [0.4, 0.5) is 10.2 Å². The number of halogens is 2. The molecule has 17 heavy (non-hydrogen) atoms. The predicted octanol–water partition coefficient (Wildman–Crippen LogP) is 1.19. The summed E-state index contributed by atoms with van der Waals surface area (Å²) in [6.07, 6.45) is 0.716. The Morgan fingerprint density at radius 2 is 2.47 bits per heavy atom. The second-order valence-corrected chi connectivity index (χ2v) is 4.67. The molecule has 0 radical (unpaired) electrons. The Morgan fingerprint density at radius 3 is 3.06 bits per heavy atom. The van der Waals surface area contributed by atoms with Crippen molar-refractivity contribution in [2.24, 2.45) is 0 Å². The number of nitrogens with one attached hydrogen (secondary N) is 2. The number of aromatic nitrogens is 2. The lowest BCUT2D eigenvalue weighted by Crippen LogP contribution is -2.35. The molecule has 0 saturated carbocycles. The lowest BCUT2D eigenvalue weighted by molar-refractivity contribution is -0.117. The molecule has 1 aliphatic rings. The number of amides is 1. The molecule has 1 aliphatic heterocycles. The molecule has 2 heterocycles. The third-order valence-electron chi connectivity index (χ3n) is 2.54. The zero-order valence-electron chi connectivity index (χ0n) is 9.20. The molecular weight excluding hydrogens is 291 g/mol. The molecule has 2 rings (SSSR count). The van der Waals surface area contributed by atoms with Crippen LogP contribution in [0.3, 0.4) is 0 Å². The third kappa shape index (κ3) is 2.98. The van der Waals surface area contributed by atoms with E-state index >= 15 is 0 Å². The van der Waals surface area contributed by atoms with Gasteiger partial charge in [-0.25, -0.2) is 9.37 Å². The standard InChI is InChI=1S/C10H12BrFN4O/c1-5-9(11)15-8(4-13-5)16-10(17)7-2-6(12)3-14-7/h4,6-7,14H,2-3H2,1H3,(H,15,16,17)/t6-,7+/m1/s1. The average molecular weight is 303 g/mol. The summed E-state index contributed by atoms with van der Waals surface area (Å²) in [5, 5.41) is 5.41. The van der Waals surface area contributed by atoms with Crippen molar-refractivity contribution < 1.29 is 9.18 Å². The maximum atomic E-state index is 12.9. The molecule has 0 unspecified atom stereocenters. The van der Waals surface area contributed by atoms with Crippen LogP contribution in [0.15, 0.2) is 10.8 Å². The second kappa shape index (κ2) is 5.05. The van der Waals surface area contributed by atoms with Gasteiger partial charge in [-0.1, -0.05) is 0 Å². The van der Waals surface area contributed by atoms with E-state index in [1.807, 2.05) is 0 Å². The van der Waals surface area contributed by atoms with Gasteiger partial charge >= 0.3 is 0 Å². The van der Waals surface area contributed by atoms with Crippen molar-refractivity contribution in [3.05, 3.63) is 16.5 Å². The van der Waals surface area contributed by atoms with Crippen molar-refractivity contribution in [2.75, 3.05) is 11.9 Å². The molecule has 1 aromatic heterocycles. The number of anilines is 1. The van der Waals surface area contributed by atoms with E-state index in [-0.39, 0.29) is 18.9 Å². The molecule has 0 aromatic carbocycles. The fraction of sp³-hybridized carbons (Fsp3) is 0.500. The largest absolute Gasteiger partial charge is 0.308 e. The summed E-state index contributed by atoms with van der Waals surface area (Å²) < 4.78 is 13.5. The molecular formula is C10H12BrFN4O. The van der Waals surface area contributed by atoms with Crippen LogP contribution in [0.25, 0.3) is 0 Å². The Labute approximate surface area is 106 Å². The zero-order chi connectivity index (χ0) is 12.4. The minimum Gasteiger partial charge on any atom is -0.308 e. The van der Waals surface area contributed by atoms with Gasteiger partial charge in [0.15, 0.2) is 5.82 Å². The van der Waals surface area contributed by atoms with Gasteiger partial charge in [-0.15, -0.1) is 0 Å². The summed E-state index contributed by atoms with van der Waals surface area (Å²) in [5.74, 6) is 0.0757. The van der Waals surface area contributed by atoms with Gasteiger partial charge in [0.05, 0.1) is 17.9 Å². The van der Waals surface area contributed by atoms with Crippen LogP contribution in [0.2, 0.25) is 0 Å². The van der Waals surface area contributed by atoms with Crippen molar-refractivity contribution >= 4 is 27.7 Å². The van der Waals surface area contributed by atoms with Crippen molar-refractivity contribution in [3.63, 3.8) is 0 Å². The summed E-state index contributed by atoms with van der Waals surface area (Å²) in [6.45, 7) is 2.02. The number of hydrogen-bond acceptors (Lipinski definition) is 4. The lowest BCUT2D eigenvalue weighted by atomic mass is 10.2. The second-order valence-electron chi connectivity index (χ2n) is 3.91. The zero-order valence-corrected chi connectivity index (χ0v) is 10.8. The smallest absolute Gasteiger partial charge is 0.242 e. The summed E-state index contributed by atoms with van der Waals surface area (Å²) in [6, 6.07) is -0.494. The number of rotatable bonds is 2. The van der Waals surface area contributed by atoms with Gasteiger partial charge in [-0.3, -0.25) is 9.78 Å². The van der Waals surface area contributed by atoms with Gasteiger partial charge < -0.3 is 10.6 Å². The van der Waals surface area contributed by atoms with E-state index in [9.17, 15) is 9.18 Å². The van der Waals surface area contributed by atoms with Crippen LogP contribution >= 0.6 is 15.9 Å². The molecule has 2 N–H and O–H groups in total. The van der Waals surface area contributed by atoms with E-state index in [0.717, 1.165) is 5.69 Å². The van der Waals surface area contributed by atoms with Crippen LogP contribution in [0.5, 0.6) is 0 Å². The topological polar surface area (TPSA) is 66.9 Å². The van der Waals surface area contributed by atoms with E-state index < -0.39 is 12.2 Å². The summed E-state index contributed by atoms with van der Waals surface area (Å²) in [7, 11) is 0.